The van der Waals surface area contributed by atoms with Gasteiger partial charge in [0.1, 0.15) is 0 Å². The molecule has 2 amide bonds. The number of carbonyl (C=O) groups is 2. The number of anilines is 1. The van der Waals surface area contributed by atoms with E-state index in [4.69, 9.17) is 5.11 Å². The van der Waals surface area contributed by atoms with Crippen molar-refractivity contribution in [1.29, 1.82) is 0 Å². The van der Waals surface area contributed by atoms with Crippen molar-refractivity contribution < 1.29 is 14.7 Å². The van der Waals surface area contributed by atoms with Gasteiger partial charge in [-0.2, -0.15) is 0 Å². The number of amides is 2. The van der Waals surface area contributed by atoms with Gasteiger partial charge < -0.3 is 20.6 Å². The van der Waals surface area contributed by atoms with Gasteiger partial charge in [0.2, 0.25) is 0 Å². The number of nitrogens with zero attached hydrogens (tertiary/aromatic N) is 1. The van der Waals surface area contributed by atoms with Gasteiger partial charge in [-0.25, -0.2) is 9.59 Å². The molecule has 116 valence electrons. The van der Waals surface area contributed by atoms with E-state index in [1.165, 1.54) is 6.07 Å². The van der Waals surface area contributed by atoms with Crippen LogP contribution in [0.5, 0.6) is 0 Å². The Hall–Kier alpha value is -2.08. The van der Waals surface area contributed by atoms with Gasteiger partial charge in [-0.15, -0.1) is 0 Å². The predicted octanol–water partition coefficient (Wildman–Crippen LogP) is 2.16. The summed E-state index contributed by atoms with van der Waals surface area (Å²) in [5.41, 5.74) is 1.23. The molecule has 1 aromatic rings. The zero-order valence-corrected chi connectivity index (χ0v) is 12.8. The van der Waals surface area contributed by atoms with Crippen molar-refractivity contribution in [3.63, 3.8) is 0 Å². The van der Waals surface area contributed by atoms with Crippen LogP contribution in [0, 0.1) is 6.92 Å². The topological polar surface area (TPSA) is 81.7 Å². The van der Waals surface area contributed by atoms with Crippen molar-refractivity contribution in [3.8, 4) is 0 Å². The van der Waals surface area contributed by atoms with Gasteiger partial charge >= 0.3 is 12.0 Å². The number of aryl methyl sites for hydroxylation is 1. The Morgan fingerprint density at radius 3 is 2.57 bits per heavy atom. The summed E-state index contributed by atoms with van der Waals surface area (Å²) in [5.74, 6) is -1.06. The van der Waals surface area contributed by atoms with E-state index in [0.717, 1.165) is 24.9 Å². The first-order valence-electron chi connectivity index (χ1n) is 6.93. The van der Waals surface area contributed by atoms with E-state index in [9.17, 15) is 9.59 Å². The lowest BCUT2D eigenvalue weighted by atomic mass is 10.1. The number of aromatic carboxylic acids is 1. The molecule has 0 aromatic heterocycles. The normalized spacial score (nSPS) is 10.5. The van der Waals surface area contributed by atoms with Crippen LogP contribution in [-0.4, -0.2) is 49.2 Å². The number of benzene rings is 1. The Labute approximate surface area is 125 Å². The predicted molar refractivity (Wildman–Crippen MR) is 82.9 cm³/mol. The van der Waals surface area contributed by atoms with E-state index >= 15 is 0 Å². The minimum atomic E-state index is -1.06. The van der Waals surface area contributed by atoms with Crippen LogP contribution in [0.2, 0.25) is 0 Å². The molecule has 6 heteroatoms. The SMILES string of the molecule is Cc1ccc(NC(=O)NCCCCN(C)C)c(C(=O)O)c1. The van der Waals surface area contributed by atoms with Crippen LogP contribution in [0.25, 0.3) is 0 Å². The highest BCUT2D eigenvalue weighted by Crippen LogP contribution is 2.17. The molecule has 0 spiro atoms. The zero-order chi connectivity index (χ0) is 15.8. The molecule has 0 unspecified atom stereocenters. The second-order valence-electron chi connectivity index (χ2n) is 5.25. The van der Waals surface area contributed by atoms with Crippen LogP contribution < -0.4 is 10.6 Å². The molecule has 0 saturated heterocycles. The lowest BCUT2D eigenvalue weighted by molar-refractivity contribution is 0.0698. The van der Waals surface area contributed by atoms with Crippen molar-refractivity contribution in [2.75, 3.05) is 32.5 Å². The molecule has 1 aromatic carbocycles. The first-order valence-corrected chi connectivity index (χ1v) is 6.93. The molecule has 0 bridgehead atoms. The number of carboxylic acid groups (broad SMARTS) is 1. The minimum Gasteiger partial charge on any atom is -0.478 e. The molecule has 21 heavy (non-hydrogen) atoms. The van der Waals surface area contributed by atoms with E-state index in [1.807, 2.05) is 14.1 Å². The fourth-order valence-electron chi connectivity index (χ4n) is 1.87. The van der Waals surface area contributed by atoms with Crippen molar-refractivity contribution in [2.24, 2.45) is 0 Å². The Balaban J connectivity index is 2.46. The summed E-state index contributed by atoms with van der Waals surface area (Å²) in [6.07, 6.45) is 1.88. The maximum atomic E-state index is 11.7. The van der Waals surface area contributed by atoms with Crippen molar-refractivity contribution in [3.05, 3.63) is 29.3 Å². The molecule has 0 saturated carbocycles. The fraction of sp³-hybridized carbons (Fsp3) is 0.467. The number of rotatable bonds is 7. The van der Waals surface area contributed by atoms with Crippen molar-refractivity contribution in [1.82, 2.24) is 10.2 Å². The first-order chi connectivity index (χ1) is 9.90. The molecule has 0 heterocycles. The van der Waals surface area contributed by atoms with Gasteiger partial charge in [0.15, 0.2) is 0 Å². The van der Waals surface area contributed by atoms with Gasteiger partial charge in [0, 0.05) is 6.54 Å². The third-order valence-corrected chi connectivity index (χ3v) is 2.97. The average molecular weight is 293 g/mol. The van der Waals surface area contributed by atoms with Crippen LogP contribution in [0.4, 0.5) is 10.5 Å². The summed E-state index contributed by atoms with van der Waals surface area (Å²) < 4.78 is 0. The monoisotopic (exact) mass is 293 g/mol. The zero-order valence-electron chi connectivity index (χ0n) is 12.8. The minimum absolute atomic E-state index is 0.0951. The maximum absolute atomic E-state index is 11.7. The van der Waals surface area contributed by atoms with E-state index in [1.54, 1.807) is 19.1 Å². The van der Waals surface area contributed by atoms with Crippen LogP contribution in [0.15, 0.2) is 18.2 Å². The van der Waals surface area contributed by atoms with Crippen LogP contribution in [-0.2, 0) is 0 Å². The molecule has 0 aliphatic carbocycles. The lowest BCUT2D eigenvalue weighted by Gasteiger charge is -2.11. The molecule has 1 rings (SSSR count). The smallest absolute Gasteiger partial charge is 0.337 e. The summed E-state index contributed by atoms with van der Waals surface area (Å²) in [6.45, 7) is 3.35. The number of carbonyl (C=O) groups excluding carboxylic acids is 1. The van der Waals surface area contributed by atoms with Crippen LogP contribution in [0.1, 0.15) is 28.8 Å². The summed E-state index contributed by atoms with van der Waals surface area (Å²) in [6, 6.07) is 4.52. The summed E-state index contributed by atoms with van der Waals surface area (Å²) in [4.78, 5) is 25.0. The highest BCUT2D eigenvalue weighted by molar-refractivity contribution is 6.00. The fourth-order valence-corrected chi connectivity index (χ4v) is 1.87. The van der Waals surface area contributed by atoms with Gasteiger partial charge in [-0.3, -0.25) is 0 Å². The quantitative estimate of drug-likeness (QED) is 0.673. The summed E-state index contributed by atoms with van der Waals surface area (Å²) in [7, 11) is 4.01. The molecule has 0 radical (unpaired) electrons. The third-order valence-electron chi connectivity index (χ3n) is 2.97. The molecular weight excluding hydrogens is 270 g/mol. The van der Waals surface area contributed by atoms with E-state index in [0.29, 0.717) is 12.2 Å². The van der Waals surface area contributed by atoms with E-state index < -0.39 is 5.97 Å². The second kappa shape index (κ2) is 8.26. The lowest BCUT2D eigenvalue weighted by Crippen LogP contribution is -2.30. The summed E-state index contributed by atoms with van der Waals surface area (Å²) >= 11 is 0. The number of carboxylic acids is 1. The molecule has 0 atom stereocenters. The number of unbranched alkanes of at least 4 members (excludes halogenated alkanes) is 1. The number of hydrogen-bond acceptors (Lipinski definition) is 3. The largest absolute Gasteiger partial charge is 0.478 e. The van der Waals surface area contributed by atoms with Crippen LogP contribution in [0.3, 0.4) is 0 Å². The Kier molecular flexibility index (Phi) is 6.68. The molecule has 0 aliphatic heterocycles. The summed E-state index contributed by atoms with van der Waals surface area (Å²) in [5, 5.41) is 14.4. The number of nitrogens with one attached hydrogen (secondary N) is 2. The van der Waals surface area contributed by atoms with Gasteiger partial charge in [0.25, 0.3) is 0 Å². The standard InChI is InChI=1S/C15H23N3O3/c1-11-6-7-13(12(10-11)14(19)20)17-15(21)16-8-4-5-9-18(2)3/h6-7,10H,4-5,8-9H2,1-3H3,(H,19,20)(H2,16,17,21). The molecule has 6 nitrogen and oxygen atoms in total. The van der Waals surface area contributed by atoms with Crippen molar-refractivity contribution in [2.45, 2.75) is 19.8 Å². The van der Waals surface area contributed by atoms with Crippen molar-refractivity contribution >= 4 is 17.7 Å². The van der Waals surface area contributed by atoms with E-state index in [2.05, 4.69) is 15.5 Å². The average Bonchev–Trinajstić information content (AvgIpc) is 2.39. The van der Waals surface area contributed by atoms with Gasteiger partial charge in [0.05, 0.1) is 11.3 Å². The Morgan fingerprint density at radius 1 is 1.24 bits per heavy atom. The Morgan fingerprint density at radius 2 is 1.95 bits per heavy atom. The second-order valence-corrected chi connectivity index (χ2v) is 5.25. The molecular formula is C15H23N3O3. The molecule has 0 fully saturated rings. The first kappa shape index (κ1) is 17.0. The maximum Gasteiger partial charge on any atom is 0.337 e. The molecule has 0 aliphatic rings. The number of urea groups is 1. The Bertz CT molecular complexity index is 501. The number of hydrogen-bond donors (Lipinski definition) is 3. The molecule has 3 N–H and O–H groups in total. The van der Waals surface area contributed by atoms with Gasteiger partial charge in [-0.1, -0.05) is 11.6 Å². The van der Waals surface area contributed by atoms with Crippen LogP contribution >= 0.6 is 0 Å². The van der Waals surface area contributed by atoms with Gasteiger partial charge in [-0.05, 0) is 52.5 Å². The highest BCUT2D eigenvalue weighted by Gasteiger charge is 2.12. The van der Waals surface area contributed by atoms with E-state index in [-0.39, 0.29) is 11.6 Å². The highest BCUT2D eigenvalue weighted by atomic mass is 16.4. The third kappa shape index (κ3) is 6.27.